The third-order valence-electron chi connectivity index (χ3n) is 5.15. The van der Waals surface area contributed by atoms with Crippen LogP contribution in [0.15, 0.2) is 83.3 Å². The van der Waals surface area contributed by atoms with Gasteiger partial charge in [0.1, 0.15) is 6.61 Å². The van der Waals surface area contributed by atoms with Gasteiger partial charge in [0.25, 0.3) is 0 Å². The summed E-state index contributed by atoms with van der Waals surface area (Å²) in [5.41, 5.74) is 2.93. The monoisotopic (exact) mass is 517 g/mol. The van der Waals surface area contributed by atoms with Gasteiger partial charge in [-0.2, -0.15) is 5.26 Å². The molecule has 0 unspecified atom stereocenters. The first-order valence-corrected chi connectivity index (χ1v) is 11.2. The minimum Gasteiger partial charge on any atom is -0.486 e. The molecule has 33 heavy (non-hydrogen) atoms. The van der Waals surface area contributed by atoms with Gasteiger partial charge in [-0.25, -0.2) is 4.79 Å². The second-order valence-electron chi connectivity index (χ2n) is 7.29. The Balaban J connectivity index is 1.58. The SMILES string of the molecule is N#C/C(=C/c1cc(Cl)c(OCc2cccc3ccccc23)c(Br)c1)c1ccc(C(=O)O)cc1. The van der Waals surface area contributed by atoms with Gasteiger partial charge in [0.15, 0.2) is 5.75 Å². The molecule has 0 aliphatic rings. The molecule has 4 aromatic carbocycles. The second-order valence-corrected chi connectivity index (χ2v) is 8.55. The molecule has 1 N–H and O–H groups in total. The van der Waals surface area contributed by atoms with Crippen LogP contribution in [0, 0.1) is 11.3 Å². The number of allylic oxidation sites excluding steroid dienone is 1. The van der Waals surface area contributed by atoms with Crippen LogP contribution in [-0.4, -0.2) is 11.1 Å². The van der Waals surface area contributed by atoms with Gasteiger partial charge < -0.3 is 9.84 Å². The minimum absolute atomic E-state index is 0.162. The number of hydrogen-bond donors (Lipinski definition) is 1. The molecule has 0 fully saturated rings. The lowest BCUT2D eigenvalue weighted by Gasteiger charge is -2.13. The molecule has 4 rings (SSSR count). The van der Waals surface area contributed by atoms with Gasteiger partial charge in [-0.1, -0.05) is 66.2 Å². The zero-order chi connectivity index (χ0) is 23.4. The Bertz CT molecular complexity index is 1390. The number of carboxylic acid groups (broad SMARTS) is 1. The van der Waals surface area contributed by atoms with Crippen LogP contribution in [-0.2, 0) is 6.61 Å². The van der Waals surface area contributed by atoms with Crippen molar-refractivity contribution in [2.75, 3.05) is 0 Å². The molecule has 162 valence electrons. The van der Waals surface area contributed by atoms with Crippen molar-refractivity contribution in [2.24, 2.45) is 0 Å². The fourth-order valence-corrected chi connectivity index (χ4v) is 4.50. The van der Waals surface area contributed by atoms with E-state index in [2.05, 4.69) is 40.2 Å². The Morgan fingerprint density at radius 1 is 1.03 bits per heavy atom. The van der Waals surface area contributed by atoms with Gasteiger partial charge in [-0.15, -0.1) is 0 Å². The summed E-state index contributed by atoms with van der Waals surface area (Å²) in [6, 6.07) is 26.1. The van der Waals surface area contributed by atoms with Crippen LogP contribution in [0.4, 0.5) is 0 Å². The van der Waals surface area contributed by atoms with Gasteiger partial charge >= 0.3 is 5.97 Å². The largest absolute Gasteiger partial charge is 0.486 e. The van der Waals surface area contributed by atoms with Crippen LogP contribution in [0.5, 0.6) is 5.75 Å². The summed E-state index contributed by atoms with van der Waals surface area (Å²) >= 11 is 10.0. The lowest BCUT2D eigenvalue weighted by molar-refractivity contribution is 0.0697. The summed E-state index contributed by atoms with van der Waals surface area (Å²) in [7, 11) is 0. The van der Waals surface area contributed by atoms with Gasteiger partial charge in [-0.3, -0.25) is 0 Å². The number of nitrogens with zero attached hydrogens (tertiary/aromatic N) is 1. The Hall–Kier alpha value is -3.59. The fraction of sp³-hybridized carbons (Fsp3) is 0.0370. The van der Waals surface area contributed by atoms with Crippen LogP contribution in [0.25, 0.3) is 22.4 Å². The van der Waals surface area contributed by atoms with E-state index in [1.165, 1.54) is 12.1 Å². The Kier molecular flexibility index (Phi) is 6.79. The summed E-state index contributed by atoms with van der Waals surface area (Å²) in [6.45, 7) is 0.355. The van der Waals surface area contributed by atoms with Crippen LogP contribution in [0.3, 0.4) is 0 Å². The first-order chi connectivity index (χ1) is 16.0. The summed E-state index contributed by atoms with van der Waals surface area (Å²) in [6.07, 6.45) is 1.70. The highest BCUT2D eigenvalue weighted by Crippen LogP contribution is 2.36. The van der Waals surface area contributed by atoms with Crippen LogP contribution >= 0.6 is 27.5 Å². The Morgan fingerprint density at radius 3 is 2.42 bits per heavy atom. The number of hydrogen-bond acceptors (Lipinski definition) is 3. The predicted molar refractivity (Wildman–Crippen MR) is 134 cm³/mol. The summed E-state index contributed by atoms with van der Waals surface area (Å²) in [5, 5.41) is 21.3. The van der Waals surface area contributed by atoms with Crippen molar-refractivity contribution in [3.8, 4) is 11.8 Å². The maximum atomic E-state index is 11.0. The first kappa shape index (κ1) is 22.6. The molecule has 0 heterocycles. The molecule has 0 saturated carbocycles. The average Bonchev–Trinajstić information content (AvgIpc) is 2.82. The highest BCUT2D eigenvalue weighted by molar-refractivity contribution is 9.10. The van der Waals surface area contributed by atoms with Crippen LogP contribution < -0.4 is 4.74 Å². The molecular weight excluding hydrogens is 502 g/mol. The highest BCUT2D eigenvalue weighted by Gasteiger charge is 2.12. The molecule has 4 nitrogen and oxygen atoms in total. The standard InChI is InChI=1S/C27H17BrClNO3/c28-24-13-17(12-22(15-30)18-8-10-20(11-9-18)27(31)32)14-25(29)26(24)33-16-21-6-3-5-19-4-1-2-7-23(19)21/h1-14H,16H2,(H,31,32)/b22-12-. The molecule has 0 aliphatic carbocycles. The molecular formula is C27H17BrClNO3. The minimum atomic E-state index is -1.01. The van der Waals surface area contributed by atoms with E-state index in [1.807, 2.05) is 30.3 Å². The average molecular weight is 519 g/mol. The van der Waals surface area contributed by atoms with E-state index in [4.69, 9.17) is 21.4 Å². The number of halogens is 2. The maximum Gasteiger partial charge on any atom is 0.335 e. The lowest BCUT2D eigenvalue weighted by atomic mass is 10.0. The van der Waals surface area contributed by atoms with E-state index in [0.29, 0.717) is 38.6 Å². The molecule has 0 atom stereocenters. The van der Waals surface area contributed by atoms with Crippen molar-refractivity contribution in [2.45, 2.75) is 6.61 Å². The van der Waals surface area contributed by atoms with Gasteiger partial charge in [0.2, 0.25) is 0 Å². The van der Waals surface area contributed by atoms with Gasteiger partial charge in [0.05, 0.1) is 26.7 Å². The third kappa shape index (κ3) is 5.09. The van der Waals surface area contributed by atoms with Crippen molar-refractivity contribution in [3.05, 3.63) is 111 Å². The molecule has 0 radical (unpaired) electrons. The number of benzene rings is 4. The Labute approximate surface area is 204 Å². The van der Waals surface area contributed by atoms with Crippen molar-refractivity contribution >= 4 is 55.9 Å². The van der Waals surface area contributed by atoms with E-state index in [9.17, 15) is 10.1 Å². The lowest BCUT2D eigenvalue weighted by Crippen LogP contribution is -1.98. The van der Waals surface area contributed by atoms with E-state index < -0.39 is 5.97 Å². The molecule has 6 heteroatoms. The highest BCUT2D eigenvalue weighted by atomic mass is 79.9. The topological polar surface area (TPSA) is 70.3 Å². The van der Waals surface area contributed by atoms with E-state index in [1.54, 1.807) is 24.3 Å². The third-order valence-corrected chi connectivity index (χ3v) is 6.02. The van der Waals surface area contributed by atoms with Crippen molar-refractivity contribution in [1.82, 2.24) is 0 Å². The zero-order valence-electron chi connectivity index (χ0n) is 17.3. The molecule has 0 saturated heterocycles. The summed E-state index contributed by atoms with van der Waals surface area (Å²) in [4.78, 5) is 11.0. The number of carbonyl (C=O) groups is 1. The van der Waals surface area contributed by atoms with E-state index >= 15 is 0 Å². The molecule has 4 aromatic rings. The quantitative estimate of drug-likeness (QED) is 0.211. The number of carboxylic acids is 1. The predicted octanol–water partition coefficient (Wildman–Crippen LogP) is 7.60. The van der Waals surface area contributed by atoms with Crippen molar-refractivity contribution in [1.29, 1.82) is 5.26 Å². The molecule has 0 aliphatic heterocycles. The number of nitriles is 1. The van der Waals surface area contributed by atoms with E-state index in [-0.39, 0.29) is 5.56 Å². The normalized spacial score (nSPS) is 11.2. The maximum absolute atomic E-state index is 11.0. The van der Waals surface area contributed by atoms with Crippen LogP contribution in [0.2, 0.25) is 5.02 Å². The Morgan fingerprint density at radius 2 is 1.73 bits per heavy atom. The second kappa shape index (κ2) is 9.91. The van der Waals surface area contributed by atoms with Crippen LogP contribution in [0.1, 0.15) is 27.0 Å². The number of aromatic carboxylic acids is 1. The first-order valence-electron chi connectivity index (χ1n) is 10.0. The fourth-order valence-electron chi connectivity index (χ4n) is 3.51. The van der Waals surface area contributed by atoms with Gasteiger partial charge in [0, 0.05) is 0 Å². The van der Waals surface area contributed by atoms with Crippen molar-refractivity contribution in [3.63, 3.8) is 0 Å². The molecule has 0 spiro atoms. The molecule has 0 amide bonds. The molecule has 0 bridgehead atoms. The van der Waals surface area contributed by atoms with Crippen molar-refractivity contribution < 1.29 is 14.6 Å². The number of ether oxygens (including phenoxy) is 1. The number of fused-ring (bicyclic) bond motifs is 1. The van der Waals surface area contributed by atoms with E-state index in [0.717, 1.165) is 16.3 Å². The summed E-state index contributed by atoms with van der Waals surface area (Å²) in [5.74, 6) is -0.495. The molecule has 0 aromatic heterocycles. The zero-order valence-corrected chi connectivity index (χ0v) is 19.6. The summed E-state index contributed by atoms with van der Waals surface area (Å²) < 4.78 is 6.71. The smallest absolute Gasteiger partial charge is 0.335 e. The number of rotatable bonds is 6. The van der Waals surface area contributed by atoms with Gasteiger partial charge in [-0.05, 0) is 73.7 Å².